The molecule has 0 spiro atoms. The summed E-state index contributed by atoms with van der Waals surface area (Å²) in [6, 6.07) is 69.4. The maximum Gasteiger partial charge on any atom is 0.269 e. The first-order chi connectivity index (χ1) is 29.7. The monoisotopic (exact) mass is 770 g/mol. The largest absolute Gasteiger partial charge is 0.458 e. The SMILES string of the molecule is [c-]1n(-c2cccc(Oc3ccc4c5ccccc5n(-c5cc6c(cn5)oc5ccccc56)c4c3)c2)c2ccccc2[n+]1-c1c(-c2ccccc2)cccc1-c1ccccc1. The summed E-state index contributed by atoms with van der Waals surface area (Å²) < 4.78 is 19.4. The molecule has 0 atom stereocenters. The van der Waals surface area contributed by atoms with Crippen LogP contribution in [0.3, 0.4) is 0 Å². The topological polar surface area (TPSA) is 49.0 Å². The molecule has 0 saturated carbocycles. The standard InChI is InChI=1S/C54H34N4O2/c1-3-15-36(16-4-1)41-23-14-24-42(37-17-5-2-6-18-37)54(41)57-35-56(48-26-10-11-27-49(48)57)38-19-13-20-39(31-38)59-40-29-30-44-43-21-7-9-25-47(43)58(50(44)32-40)53-33-46-45-22-8-12-28-51(45)60-52(46)34-55-53/h1-34H. The third kappa shape index (κ3) is 5.50. The van der Waals surface area contributed by atoms with Crippen LogP contribution in [0.5, 0.6) is 11.5 Å². The molecule has 8 aromatic carbocycles. The molecule has 0 saturated heterocycles. The second-order valence-corrected chi connectivity index (χ2v) is 15.0. The molecule has 0 bridgehead atoms. The lowest BCUT2D eigenvalue weighted by Crippen LogP contribution is -2.31. The van der Waals surface area contributed by atoms with Crippen LogP contribution in [-0.2, 0) is 0 Å². The number of rotatable bonds is 7. The molecular formula is C54H34N4O2. The fourth-order valence-electron chi connectivity index (χ4n) is 8.73. The molecule has 282 valence electrons. The van der Waals surface area contributed by atoms with Crippen LogP contribution in [0.15, 0.2) is 211 Å². The van der Waals surface area contributed by atoms with Crippen molar-refractivity contribution < 1.29 is 13.7 Å². The van der Waals surface area contributed by atoms with Crippen LogP contribution in [0.25, 0.3) is 94.2 Å². The van der Waals surface area contributed by atoms with Crippen LogP contribution in [0.4, 0.5) is 0 Å². The van der Waals surface area contributed by atoms with Gasteiger partial charge in [0.1, 0.15) is 22.9 Å². The lowest BCUT2D eigenvalue weighted by Gasteiger charge is -2.17. The minimum Gasteiger partial charge on any atom is -0.458 e. The highest BCUT2D eigenvalue weighted by Gasteiger charge is 2.20. The number of hydrogen-bond donors (Lipinski definition) is 0. The summed E-state index contributed by atoms with van der Waals surface area (Å²) in [6.07, 6.45) is 5.61. The molecule has 0 N–H and O–H groups in total. The third-order valence-electron chi connectivity index (χ3n) is 11.4. The number of imidazole rings is 1. The maximum atomic E-state index is 6.73. The Morgan fingerprint density at radius 2 is 1.13 bits per heavy atom. The summed E-state index contributed by atoms with van der Waals surface area (Å²) in [5.74, 6) is 2.25. The van der Waals surface area contributed by atoms with E-state index in [0.717, 1.165) is 100.0 Å². The van der Waals surface area contributed by atoms with Gasteiger partial charge in [-0.1, -0.05) is 146 Å². The minimum atomic E-state index is 0.714. The van der Waals surface area contributed by atoms with Crippen molar-refractivity contribution in [1.29, 1.82) is 0 Å². The van der Waals surface area contributed by atoms with Gasteiger partial charge in [-0.2, -0.15) is 0 Å². The molecule has 6 nitrogen and oxygen atoms in total. The summed E-state index contributed by atoms with van der Waals surface area (Å²) in [4.78, 5) is 4.92. The highest BCUT2D eigenvalue weighted by Crippen LogP contribution is 2.38. The number of ether oxygens (including phenoxy) is 1. The predicted molar refractivity (Wildman–Crippen MR) is 240 cm³/mol. The van der Waals surface area contributed by atoms with Crippen LogP contribution >= 0.6 is 0 Å². The molecule has 12 rings (SSSR count). The predicted octanol–water partition coefficient (Wildman–Crippen LogP) is 13.2. The van der Waals surface area contributed by atoms with Gasteiger partial charge in [-0.25, -0.2) is 4.98 Å². The molecule has 0 unspecified atom stereocenters. The number of furan rings is 1. The number of aromatic nitrogens is 4. The fraction of sp³-hybridized carbons (Fsp3) is 0. The van der Waals surface area contributed by atoms with Gasteiger partial charge in [0, 0.05) is 27.6 Å². The highest BCUT2D eigenvalue weighted by molar-refractivity contribution is 6.10. The van der Waals surface area contributed by atoms with Gasteiger partial charge >= 0.3 is 0 Å². The van der Waals surface area contributed by atoms with Gasteiger partial charge < -0.3 is 9.15 Å². The summed E-state index contributed by atoms with van der Waals surface area (Å²) in [5.41, 5.74) is 12.3. The van der Waals surface area contributed by atoms with E-state index in [1.807, 2.05) is 42.6 Å². The van der Waals surface area contributed by atoms with Gasteiger partial charge in [0.2, 0.25) is 0 Å². The molecule has 4 aromatic heterocycles. The summed E-state index contributed by atoms with van der Waals surface area (Å²) in [7, 11) is 0. The van der Waals surface area contributed by atoms with E-state index in [1.54, 1.807) is 0 Å². The summed E-state index contributed by atoms with van der Waals surface area (Å²) >= 11 is 0. The average molecular weight is 771 g/mol. The molecule has 0 aliphatic rings. The van der Waals surface area contributed by atoms with E-state index < -0.39 is 0 Å². The van der Waals surface area contributed by atoms with Crippen LogP contribution in [0, 0.1) is 6.33 Å². The molecule has 0 fully saturated rings. The summed E-state index contributed by atoms with van der Waals surface area (Å²) in [6.45, 7) is 0. The van der Waals surface area contributed by atoms with E-state index in [1.165, 1.54) is 0 Å². The van der Waals surface area contributed by atoms with E-state index >= 15 is 0 Å². The second-order valence-electron chi connectivity index (χ2n) is 15.0. The van der Waals surface area contributed by atoms with Crippen molar-refractivity contribution in [2.24, 2.45) is 0 Å². The van der Waals surface area contributed by atoms with Crippen molar-refractivity contribution in [1.82, 2.24) is 14.1 Å². The van der Waals surface area contributed by atoms with E-state index in [0.29, 0.717) is 5.75 Å². The van der Waals surface area contributed by atoms with Gasteiger partial charge in [-0.05, 0) is 70.8 Å². The van der Waals surface area contributed by atoms with Crippen LogP contribution < -0.4 is 9.30 Å². The van der Waals surface area contributed by atoms with Gasteiger partial charge in [-0.15, -0.1) is 0 Å². The molecule has 6 heteroatoms. The Bertz CT molecular complexity index is 3520. The zero-order valence-corrected chi connectivity index (χ0v) is 32.2. The number of benzene rings is 8. The first kappa shape index (κ1) is 33.9. The van der Waals surface area contributed by atoms with Crippen molar-refractivity contribution in [2.45, 2.75) is 0 Å². The molecule has 0 aliphatic carbocycles. The molecule has 60 heavy (non-hydrogen) atoms. The fourth-order valence-corrected chi connectivity index (χ4v) is 8.73. The van der Waals surface area contributed by atoms with Crippen LogP contribution in [-0.4, -0.2) is 14.1 Å². The maximum absolute atomic E-state index is 6.73. The molecule has 12 aromatic rings. The molecular weight excluding hydrogens is 737 g/mol. The Kier molecular flexibility index (Phi) is 7.74. The number of hydrogen-bond acceptors (Lipinski definition) is 3. The van der Waals surface area contributed by atoms with Crippen molar-refractivity contribution >= 4 is 54.8 Å². The molecule has 0 aliphatic heterocycles. The van der Waals surface area contributed by atoms with E-state index in [9.17, 15) is 0 Å². The molecule has 0 radical (unpaired) electrons. The van der Waals surface area contributed by atoms with Crippen LogP contribution in [0.2, 0.25) is 0 Å². The van der Waals surface area contributed by atoms with Gasteiger partial charge in [0.25, 0.3) is 6.33 Å². The van der Waals surface area contributed by atoms with E-state index in [2.05, 4.69) is 184 Å². The Hall–Kier alpha value is -8.22. The Morgan fingerprint density at radius 3 is 1.93 bits per heavy atom. The smallest absolute Gasteiger partial charge is 0.269 e. The Morgan fingerprint density at radius 1 is 0.483 bits per heavy atom. The normalized spacial score (nSPS) is 11.7. The second kappa shape index (κ2) is 13.7. The third-order valence-corrected chi connectivity index (χ3v) is 11.4. The minimum absolute atomic E-state index is 0.714. The van der Waals surface area contributed by atoms with Crippen molar-refractivity contribution in [3.8, 4) is 50.9 Å². The summed E-state index contributed by atoms with van der Waals surface area (Å²) in [5, 5.41) is 4.36. The molecule has 0 amide bonds. The molecule has 4 heterocycles. The van der Waals surface area contributed by atoms with Crippen molar-refractivity contribution in [3.63, 3.8) is 0 Å². The zero-order valence-electron chi connectivity index (χ0n) is 32.2. The number of para-hydroxylation sites is 5. The van der Waals surface area contributed by atoms with E-state index in [-0.39, 0.29) is 0 Å². The van der Waals surface area contributed by atoms with Gasteiger partial charge in [0.15, 0.2) is 5.58 Å². The number of nitrogens with zero attached hydrogens (tertiary/aromatic N) is 4. The number of pyridine rings is 1. The first-order valence-electron chi connectivity index (χ1n) is 20.0. The lowest BCUT2D eigenvalue weighted by molar-refractivity contribution is -0.571. The number of fused-ring (bicyclic) bond motifs is 7. The van der Waals surface area contributed by atoms with Crippen LogP contribution in [0.1, 0.15) is 0 Å². The average Bonchev–Trinajstić information content (AvgIpc) is 3.99. The Balaban J connectivity index is 0.971. The van der Waals surface area contributed by atoms with Crippen molar-refractivity contribution in [2.75, 3.05) is 0 Å². The highest BCUT2D eigenvalue weighted by atomic mass is 16.5. The first-order valence-corrected chi connectivity index (χ1v) is 20.0. The zero-order chi connectivity index (χ0) is 39.6. The van der Waals surface area contributed by atoms with Crippen molar-refractivity contribution in [3.05, 3.63) is 213 Å². The quantitative estimate of drug-likeness (QED) is 0.120. The van der Waals surface area contributed by atoms with E-state index in [4.69, 9.17) is 14.1 Å². The van der Waals surface area contributed by atoms with Gasteiger partial charge in [0.05, 0.1) is 39.6 Å². The Labute approximate surface area is 345 Å². The van der Waals surface area contributed by atoms with Gasteiger partial charge in [-0.3, -0.25) is 13.7 Å². The lowest BCUT2D eigenvalue weighted by atomic mass is 9.95.